The fourth-order valence-corrected chi connectivity index (χ4v) is 2.78. The monoisotopic (exact) mass is 272 g/mol. The van der Waals surface area contributed by atoms with Crippen molar-refractivity contribution in [2.75, 3.05) is 25.0 Å². The lowest BCUT2D eigenvalue weighted by molar-refractivity contribution is 0.252. The molecule has 1 aromatic rings. The van der Waals surface area contributed by atoms with Crippen molar-refractivity contribution >= 4 is 17.4 Å². The van der Waals surface area contributed by atoms with E-state index in [1.165, 1.54) is 12.8 Å². The predicted molar refractivity (Wildman–Crippen MR) is 72.4 cm³/mol. The Labute approximate surface area is 111 Å². The van der Waals surface area contributed by atoms with Gasteiger partial charge in [-0.05, 0) is 44.0 Å². The molecular formula is C13H18F2N2S. The van der Waals surface area contributed by atoms with Crippen molar-refractivity contribution in [3.63, 3.8) is 0 Å². The van der Waals surface area contributed by atoms with Crippen molar-refractivity contribution in [1.82, 2.24) is 5.32 Å². The minimum Gasteiger partial charge on any atom is -0.384 e. The fourth-order valence-electron chi connectivity index (χ4n) is 2.16. The van der Waals surface area contributed by atoms with Crippen molar-refractivity contribution in [3.8, 4) is 0 Å². The summed E-state index contributed by atoms with van der Waals surface area (Å²) in [6, 6.07) is 7.26. The third-order valence-electron chi connectivity index (χ3n) is 3.08. The first kappa shape index (κ1) is 13.6. The number of para-hydroxylation sites is 1. The van der Waals surface area contributed by atoms with E-state index in [-0.39, 0.29) is 0 Å². The van der Waals surface area contributed by atoms with Crippen LogP contribution in [0.2, 0.25) is 0 Å². The molecule has 1 aliphatic heterocycles. The highest BCUT2D eigenvalue weighted by molar-refractivity contribution is 7.99. The molecule has 2 rings (SSSR count). The second kappa shape index (κ2) is 6.95. The summed E-state index contributed by atoms with van der Waals surface area (Å²) in [6.07, 6.45) is 2.39. The molecule has 1 saturated heterocycles. The molecule has 1 unspecified atom stereocenters. The van der Waals surface area contributed by atoms with Gasteiger partial charge in [0, 0.05) is 17.1 Å². The molecule has 1 atom stereocenters. The quantitative estimate of drug-likeness (QED) is 0.803. The number of halogens is 2. The van der Waals surface area contributed by atoms with Crippen LogP contribution in [0.4, 0.5) is 14.5 Å². The largest absolute Gasteiger partial charge is 0.384 e. The SMILES string of the molecule is FC(F)Sc1ccccc1NCC1CCCNC1. The van der Waals surface area contributed by atoms with Gasteiger partial charge >= 0.3 is 0 Å². The van der Waals surface area contributed by atoms with E-state index in [4.69, 9.17) is 0 Å². The van der Waals surface area contributed by atoms with Crippen LogP contribution in [0.25, 0.3) is 0 Å². The van der Waals surface area contributed by atoms with Gasteiger partial charge in [0.05, 0.1) is 0 Å². The van der Waals surface area contributed by atoms with Crippen LogP contribution in [0.3, 0.4) is 0 Å². The summed E-state index contributed by atoms with van der Waals surface area (Å²) in [7, 11) is 0. The fraction of sp³-hybridized carbons (Fsp3) is 0.538. The molecule has 0 bridgehead atoms. The van der Waals surface area contributed by atoms with Crippen LogP contribution in [-0.4, -0.2) is 25.4 Å². The number of hydrogen-bond donors (Lipinski definition) is 2. The molecule has 0 amide bonds. The highest BCUT2D eigenvalue weighted by Gasteiger charge is 2.14. The lowest BCUT2D eigenvalue weighted by atomic mass is 10.00. The van der Waals surface area contributed by atoms with Crippen molar-refractivity contribution in [2.45, 2.75) is 23.5 Å². The first-order valence-corrected chi connectivity index (χ1v) is 7.12. The maximum atomic E-state index is 12.4. The molecule has 5 heteroatoms. The Morgan fingerprint density at radius 1 is 1.39 bits per heavy atom. The molecule has 1 aliphatic rings. The summed E-state index contributed by atoms with van der Waals surface area (Å²) in [5.74, 6) is -1.78. The standard InChI is InChI=1S/C13H18F2N2S/c14-13(15)18-12-6-2-1-5-11(12)17-9-10-4-3-7-16-8-10/h1-2,5-6,10,13,16-17H,3-4,7-9H2. The van der Waals surface area contributed by atoms with E-state index in [9.17, 15) is 8.78 Å². The Hall–Kier alpha value is -0.810. The summed E-state index contributed by atoms with van der Waals surface area (Å²) >= 11 is 0.600. The Kier molecular flexibility index (Phi) is 5.26. The van der Waals surface area contributed by atoms with Gasteiger partial charge in [-0.25, -0.2) is 0 Å². The molecule has 0 radical (unpaired) electrons. The predicted octanol–water partition coefficient (Wildman–Crippen LogP) is 3.41. The van der Waals surface area contributed by atoms with Gasteiger partial charge in [0.15, 0.2) is 0 Å². The third kappa shape index (κ3) is 4.14. The van der Waals surface area contributed by atoms with Crippen LogP contribution in [0.1, 0.15) is 12.8 Å². The summed E-state index contributed by atoms with van der Waals surface area (Å²) in [4.78, 5) is 0.622. The second-order valence-corrected chi connectivity index (χ2v) is 5.50. The minimum absolute atomic E-state index is 0.586. The van der Waals surface area contributed by atoms with Crippen molar-refractivity contribution in [3.05, 3.63) is 24.3 Å². The molecule has 0 aliphatic carbocycles. The average molecular weight is 272 g/mol. The van der Waals surface area contributed by atoms with Gasteiger partial charge in [0.1, 0.15) is 0 Å². The van der Waals surface area contributed by atoms with E-state index in [0.29, 0.717) is 22.6 Å². The topological polar surface area (TPSA) is 24.1 Å². The molecule has 1 aromatic carbocycles. The first-order valence-electron chi connectivity index (χ1n) is 6.24. The molecule has 100 valence electrons. The molecule has 1 fully saturated rings. The van der Waals surface area contributed by atoms with Crippen LogP contribution in [0.15, 0.2) is 29.2 Å². The Morgan fingerprint density at radius 2 is 2.22 bits per heavy atom. The van der Waals surface area contributed by atoms with E-state index in [2.05, 4.69) is 10.6 Å². The van der Waals surface area contributed by atoms with E-state index in [1.54, 1.807) is 12.1 Å². The van der Waals surface area contributed by atoms with Crippen LogP contribution in [-0.2, 0) is 0 Å². The highest BCUT2D eigenvalue weighted by atomic mass is 32.2. The van der Waals surface area contributed by atoms with Crippen molar-refractivity contribution in [1.29, 1.82) is 0 Å². The minimum atomic E-state index is -2.37. The van der Waals surface area contributed by atoms with E-state index in [0.717, 1.165) is 25.3 Å². The Balaban J connectivity index is 1.91. The lowest BCUT2D eigenvalue weighted by Gasteiger charge is -2.23. The zero-order valence-corrected chi connectivity index (χ0v) is 11.0. The summed E-state index contributed by atoms with van der Waals surface area (Å²) < 4.78 is 24.8. The molecule has 0 spiro atoms. The van der Waals surface area contributed by atoms with Crippen molar-refractivity contribution < 1.29 is 8.78 Å². The molecule has 0 aromatic heterocycles. The lowest BCUT2D eigenvalue weighted by Crippen LogP contribution is -2.33. The summed E-state index contributed by atoms with van der Waals surface area (Å²) in [5, 5.41) is 6.65. The maximum absolute atomic E-state index is 12.4. The van der Waals surface area contributed by atoms with E-state index in [1.807, 2.05) is 12.1 Å². The van der Waals surface area contributed by atoms with Crippen LogP contribution in [0, 0.1) is 5.92 Å². The number of benzene rings is 1. The summed E-state index contributed by atoms with van der Waals surface area (Å²) in [5.41, 5.74) is 0.813. The highest BCUT2D eigenvalue weighted by Crippen LogP contribution is 2.31. The number of hydrogen-bond acceptors (Lipinski definition) is 3. The molecule has 2 nitrogen and oxygen atoms in total. The molecule has 2 N–H and O–H groups in total. The van der Waals surface area contributed by atoms with Gasteiger partial charge in [0.2, 0.25) is 0 Å². The number of nitrogens with one attached hydrogen (secondary N) is 2. The number of rotatable bonds is 5. The Bertz CT molecular complexity index is 368. The zero-order valence-electron chi connectivity index (χ0n) is 10.2. The van der Waals surface area contributed by atoms with Crippen LogP contribution >= 0.6 is 11.8 Å². The molecular weight excluding hydrogens is 254 g/mol. The first-order chi connectivity index (χ1) is 8.75. The smallest absolute Gasteiger partial charge is 0.288 e. The molecule has 0 saturated carbocycles. The number of alkyl halides is 2. The summed E-state index contributed by atoms with van der Waals surface area (Å²) in [6.45, 7) is 2.94. The third-order valence-corrected chi connectivity index (χ3v) is 3.87. The van der Waals surface area contributed by atoms with Crippen LogP contribution in [0.5, 0.6) is 0 Å². The maximum Gasteiger partial charge on any atom is 0.288 e. The van der Waals surface area contributed by atoms with Gasteiger partial charge in [-0.15, -0.1) is 0 Å². The van der Waals surface area contributed by atoms with E-state index >= 15 is 0 Å². The zero-order chi connectivity index (χ0) is 12.8. The number of thioether (sulfide) groups is 1. The van der Waals surface area contributed by atoms with Crippen molar-refractivity contribution in [2.24, 2.45) is 5.92 Å². The molecule has 18 heavy (non-hydrogen) atoms. The van der Waals surface area contributed by atoms with Gasteiger partial charge in [-0.2, -0.15) is 8.78 Å². The molecule has 1 heterocycles. The Morgan fingerprint density at radius 3 is 2.94 bits per heavy atom. The van der Waals surface area contributed by atoms with Gasteiger partial charge in [0.25, 0.3) is 5.76 Å². The van der Waals surface area contributed by atoms with E-state index < -0.39 is 5.76 Å². The van der Waals surface area contributed by atoms with Gasteiger partial charge < -0.3 is 10.6 Å². The van der Waals surface area contributed by atoms with Gasteiger partial charge in [-0.3, -0.25) is 0 Å². The average Bonchev–Trinajstić information content (AvgIpc) is 2.38. The van der Waals surface area contributed by atoms with Gasteiger partial charge in [-0.1, -0.05) is 23.9 Å². The second-order valence-electron chi connectivity index (χ2n) is 4.47. The number of anilines is 1. The normalized spacial score (nSPS) is 20.1. The number of piperidine rings is 1. The van der Waals surface area contributed by atoms with Crippen LogP contribution < -0.4 is 10.6 Å².